The van der Waals surface area contributed by atoms with E-state index in [1.807, 2.05) is 0 Å². The molecule has 0 saturated heterocycles. The van der Waals surface area contributed by atoms with Crippen LogP contribution in [0.5, 0.6) is 0 Å². The van der Waals surface area contributed by atoms with Gasteiger partial charge in [0, 0.05) is 0 Å². The van der Waals surface area contributed by atoms with Gasteiger partial charge in [0.25, 0.3) is 0 Å². The molecule has 0 N–H and O–H groups in total. The molecule has 0 spiro atoms. The first kappa shape index (κ1) is 17.3. The van der Waals surface area contributed by atoms with Crippen LogP contribution < -0.4 is 0 Å². The molecule has 0 amide bonds. The predicted octanol–water partition coefficient (Wildman–Crippen LogP) is 6.38. The first-order valence-corrected chi connectivity index (χ1v) is 8.25. The van der Waals surface area contributed by atoms with Crippen molar-refractivity contribution >= 4 is 0 Å². The second-order valence-electron chi connectivity index (χ2n) is 6.53. The topological polar surface area (TPSA) is 0 Å². The highest BCUT2D eigenvalue weighted by Gasteiger charge is 2.33. The predicted molar refractivity (Wildman–Crippen MR) is 80.1 cm³/mol. The summed E-state index contributed by atoms with van der Waals surface area (Å²) >= 11 is 0. The lowest BCUT2D eigenvalue weighted by molar-refractivity contribution is -0.140. The molecule has 1 aliphatic carbocycles. The van der Waals surface area contributed by atoms with Crippen molar-refractivity contribution in [2.24, 2.45) is 11.8 Å². The number of halogens is 4. The third kappa shape index (κ3) is 4.72. The summed E-state index contributed by atoms with van der Waals surface area (Å²) in [7, 11) is 0. The summed E-state index contributed by atoms with van der Waals surface area (Å²) in [4.78, 5) is 0. The molecule has 1 aromatic carbocycles. The highest BCUT2D eigenvalue weighted by Crippen LogP contribution is 2.35. The average Bonchev–Trinajstić information content (AvgIpc) is 2.45. The van der Waals surface area contributed by atoms with E-state index in [0.29, 0.717) is 17.9 Å². The SMILES string of the molecule is CCCC1CCC(CCc2ccc(C(F)(F)F)c(F)c2)CC1. The van der Waals surface area contributed by atoms with Crippen LogP contribution in [0.4, 0.5) is 17.6 Å². The molecular weight excluding hydrogens is 292 g/mol. The maximum atomic E-state index is 13.5. The third-order valence-corrected chi connectivity index (χ3v) is 4.84. The molecule has 0 aromatic heterocycles. The van der Waals surface area contributed by atoms with E-state index in [2.05, 4.69) is 6.92 Å². The smallest absolute Gasteiger partial charge is 0.206 e. The molecule has 22 heavy (non-hydrogen) atoms. The number of benzene rings is 1. The van der Waals surface area contributed by atoms with Crippen LogP contribution in [0.2, 0.25) is 0 Å². The van der Waals surface area contributed by atoms with Crippen molar-refractivity contribution in [2.75, 3.05) is 0 Å². The normalized spacial score (nSPS) is 22.8. The van der Waals surface area contributed by atoms with E-state index < -0.39 is 17.6 Å². The van der Waals surface area contributed by atoms with Gasteiger partial charge in [-0.2, -0.15) is 13.2 Å². The van der Waals surface area contributed by atoms with E-state index in [4.69, 9.17) is 0 Å². The highest BCUT2D eigenvalue weighted by atomic mass is 19.4. The van der Waals surface area contributed by atoms with Crippen molar-refractivity contribution in [3.8, 4) is 0 Å². The Morgan fingerprint density at radius 3 is 2.09 bits per heavy atom. The van der Waals surface area contributed by atoms with Gasteiger partial charge in [0.2, 0.25) is 0 Å². The van der Waals surface area contributed by atoms with E-state index in [0.717, 1.165) is 24.5 Å². The van der Waals surface area contributed by atoms with Gasteiger partial charge in [0.05, 0.1) is 5.56 Å². The van der Waals surface area contributed by atoms with E-state index in [-0.39, 0.29) is 0 Å². The maximum absolute atomic E-state index is 13.5. The van der Waals surface area contributed by atoms with Crippen molar-refractivity contribution in [3.63, 3.8) is 0 Å². The molecule has 0 atom stereocenters. The van der Waals surface area contributed by atoms with Crippen LogP contribution in [-0.2, 0) is 12.6 Å². The molecular formula is C18H24F4. The van der Waals surface area contributed by atoms with Gasteiger partial charge in [-0.15, -0.1) is 0 Å². The third-order valence-electron chi connectivity index (χ3n) is 4.84. The minimum absolute atomic E-state index is 0.637. The molecule has 0 heterocycles. The fourth-order valence-electron chi connectivity index (χ4n) is 3.53. The Bertz CT molecular complexity index is 470. The van der Waals surface area contributed by atoms with Gasteiger partial charge >= 0.3 is 6.18 Å². The molecule has 1 aromatic rings. The standard InChI is InChI=1S/C18H24F4/c1-2-3-13-4-6-14(7-5-13)8-9-15-10-11-16(17(19)12-15)18(20,21)22/h10-14H,2-9H2,1H3. The summed E-state index contributed by atoms with van der Waals surface area (Å²) in [6, 6.07) is 3.32. The summed E-state index contributed by atoms with van der Waals surface area (Å²) in [5.74, 6) is 0.333. The largest absolute Gasteiger partial charge is 0.419 e. The van der Waals surface area contributed by atoms with Crippen molar-refractivity contribution in [1.82, 2.24) is 0 Å². The van der Waals surface area contributed by atoms with Crippen LogP contribution in [0.25, 0.3) is 0 Å². The van der Waals surface area contributed by atoms with E-state index in [1.165, 1.54) is 44.6 Å². The molecule has 0 aliphatic heterocycles. The van der Waals surface area contributed by atoms with E-state index in [9.17, 15) is 17.6 Å². The monoisotopic (exact) mass is 316 g/mol. The van der Waals surface area contributed by atoms with Crippen LogP contribution in [-0.4, -0.2) is 0 Å². The zero-order chi connectivity index (χ0) is 16.2. The minimum Gasteiger partial charge on any atom is -0.206 e. The molecule has 2 rings (SSSR count). The van der Waals surface area contributed by atoms with Crippen LogP contribution in [0, 0.1) is 17.7 Å². The quantitative estimate of drug-likeness (QED) is 0.553. The Morgan fingerprint density at radius 1 is 1.00 bits per heavy atom. The fraction of sp³-hybridized carbons (Fsp3) is 0.667. The van der Waals surface area contributed by atoms with Gasteiger partial charge in [0.15, 0.2) is 0 Å². The van der Waals surface area contributed by atoms with Gasteiger partial charge in [0.1, 0.15) is 5.82 Å². The second kappa shape index (κ2) is 7.47. The Hall–Kier alpha value is -1.06. The zero-order valence-corrected chi connectivity index (χ0v) is 13.1. The molecule has 0 bridgehead atoms. The minimum atomic E-state index is -4.61. The summed E-state index contributed by atoms with van der Waals surface area (Å²) in [5.41, 5.74) is -0.502. The summed E-state index contributed by atoms with van der Waals surface area (Å²) < 4.78 is 51.1. The maximum Gasteiger partial charge on any atom is 0.419 e. The number of aryl methyl sites for hydroxylation is 1. The number of hydrogen-bond acceptors (Lipinski definition) is 0. The Kier molecular flexibility index (Phi) is 5.87. The molecule has 1 aliphatic rings. The molecule has 1 saturated carbocycles. The van der Waals surface area contributed by atoms with Crippen molar-refractivity contribution in [1.29, 1.82) is 0 Å². The molecule has 0 nitrogen and oxygen atoms in total. The Morgan fingerprint density at radius 2 is 1.59 bits per heavy atom. The summed E-state index contributed by atoms with van der Waals surface area (Å²) in [6.45, 7) is 2.21. The molecule has 0 radical (unpaired) electrons. The van der Waals surface area contributed by atoms with Crippen LogP contribution in [0.1, 0.15) is 63.0 Å². The molecule has 0 unspecified atom stereocenters. The molecule has 4 heteroatoms. The number of alkyl halides is 3. The second-order valence-corrected chi connectivity index (χ2v) is 6.53. The van der Waals surface area contributed by atoms with Crippen molar-refractivity contribution in [2.45, 2.75) is 64.5 Å². The van der Waals surface area contributed by atoms with Gasteiger partial charge in [-0.1, -0.05) is 51.5 Å². The highest BCUT2D eigenvalue weighted by molar-refractivity contribution is 5.26. The Labute approximate surface area is 129 Å². The van der Waals surface area contributed by atoms with Gasteiger partial charge in [-0.05, 0) is 42.4 Å². The summed E-state index contributed by atoms with van der Waals surface area (Å²) in [6.07, 6.45) is 4.47. The van der Waals surface area contributed by atoms with Crippen LogP contribution in [0.3, 0.4) is 0 Å². The van der Waals surface area contributed by atoms with Crippen molar-refractivity contribution < 1.29 is 17.6 Å². The molecule has 1 fully saturated rings. The van der Waals surface area contributed by atoms with Gasteiger partial charge in [-0.25, -0.2) is 4.39 Å². The lowest BCUT2D eigenvalue weighted by Gasteiger charge is -2.28. The van der Waals surface area contributed by atoms with Gasteiger partial charge in [-0.3, -0.25) is 0 Å². The first-order chi connectivity index (χ1) is 10.4. The fourth-order valence-corrected chi connectivity index (χ4v) is 3.53. The lowest BCUT2D eigenvalue weighted by Crippen LogP contribution is -2.15. The number of hydrogen-bond donors (Lipinski definition) is 0. The van der Waals surface area contributed by atoms with Crippen LogP contribution >= 0.6 is 0 Å². The molecule has 124 valence electrons. The zero-order valence-electron chi connectivity index (χ0n) is 13.1. The van der Waals surface area contributed by atoms with Crippen molar-refractivity contribution in [3.05, 3.63) is 35.1 Å². The van der Waals surface area contributed by atoms with Gasteiger partial charge < -0.3 is 0 Å². The van der Waals surface area contributed by atoms with E-state index in [1.54, 1.807) is 0 Å². The summed E-state index contributed by atoms with van der Waals surface area (Å²) in [5, 5.41) is 0. The lowest BCUT2D eigenvalue weighted by atomic mass is 9.78. The van der Waals surface area contributed by atoms with Crippen LogP contribution in [0.15, 0.2) is 18.2 Å². The Balaban J connectivity index is 1.84. The number of rotatable bonds is 5. The first-order valence-electron chi connectivity index (χ1n) is 8.25. The average molecular weight is 316 g/mol. The van der Waals surface area contributed by atoms with E-state index >= 15 is 0 Å².